The van der Waals surface area contributed by atoms with Gasteiger partial charge in [-0.25, -0.2) is 0 Å². The third kappa shape index (κ3) is 5.28. The highest BCUT2D eigenvalue weighted by molar-refractivity contribution is 6.64. The molecule has 0 rings (SSSR count). The maximum absolute atomic E-state index is 7.15. The van der Waals surface area contributed by atoms with Gasteiger partial charge in [-0.3, -0.25) is 6.57 Å². The topological polar surface area (TPSA) is 32.0 Å². The van der Waals surface area contributed by atoms with Gasteiger partial charge in [0, 0.05) is 13.2 Å². The summed E-state index contributed by atoms with van der Waals surface area (Å²) in [7, 11) is -3.08. The van der Waals surface area contributed by atoms with Gasteiger partial charge in [0.25, 0.3) is 0 Å². The molecule has 0 spiro atoms. The summed E-state index contributed by atoms with van der Waals surface area (Å²) < 4.78 is 19.8. The Labute approximate surface area is 93.8 Å². The van der Waals surface area contributed by atoms with Gasteiger partial charge in [0.05, 0.1) is 6.10 Å². The van der Waals surface area contributed by atoms with Gasteiger partial charge in [0.2, 0.25) is 0 Å². The molecule has 1 unspecified atom stereocenters. The molecule has 0 amide bonds. The van der Waals surface area contributed by atoms with Crippen LogP contribution in [-0.2, 0) is 13.3 Å². The molecule has 0 saturated carbocycles. The molecule has 0 radical (unpaired) electrons. The van der Waals surface area contributed by atoms with Crippen molar-refractivity contribution < 1.29 is 13.3 Å². The number of rotatable bonds is 8. The molecule has 0 aromatic rings. The van der Waals surface area contributed by atoms with Crippen LogP contribution in [0.2, 0.25) is 0 Å². The molecule has 4 nitrogen and oxygen atoms in total. The lowest BCUT2D eigenvalue weighted by Crippen LogP contribution is -2.45. The molecule has 0 aliphatic heterocycles. The van der Waals surface area contributed by atoms with Crippen molar-refractivity contribution in [2.45, 2.75) is 46.6 Å². The Hall–Kier alpha value is -0.413. The lowest BCUT2D eigenvalue weighted by molar-refractivity contribution is 0.0460. The van der Waals surface area contributed by atoms with Crippen molar-refractivity contribution in [3.8, 4) is 0 Å². The van der Waals surface area contributed by atoms with E-state index in [-0.39, 0.29) is 6.10 Å². The van der Waals surface area contributed by atoms with Gasteiger partial charge in [-0.1, -0.05) is 13.3 Å². The molecule has 1 atom stereocenters. The van der Waals surface area contributed by atoms with Gasteiger partial charge in [-0.05, 0) is 27.2 Å². The molecular formula is C10H21NO3Si. The third-order valence-corrected chi connectivity index (χ3v) is 4.12. The highest BCUT2D eigenvalue weighted by atomic mass is 28.4. The summed E-state index contributed by atoms with van der Waals surface area (Å²) >= 11 is 0. The predicted octanol–water partition coefficient (Wildman–Crippen LogP) is 2.62. The Morgan fingerprint density at radius 3 is 2.07 bits per heavy atom. The molecular weight excluding hydrogens is 210 g/mol. The summed E-state index contributed by atoms with van der Waals surface area (Å²) in [5, 5.41) is 0. The average Bonchev–Trinajstić information content (AvgIpc) is 2.18. The zero-order chi connectivity index (χ0) is 11.7. The Morgan fingerprint density at radius 1 is 1.20 bits per heavy atom. The van der Waals surface area contributed by atoms with Crippen LogP contribution in [0.15, 0.2) is 0 Å². The van der Waals surface area contributed by atoms with Crippen LogP contribution < -0.4 is 0 Å². The van der Waals surface area contributed by atoms with Gasteiger partial charge in [0.15, 0.2) is 0 Å². The Morgan fingerprint density at radius 2 is 1.73 bits per heavy atom. The minimum absolute atomic E-state index is 0.0221. The van der Waals surface area contributed by atoms with E-state index in [9.17, 15) is 0 Å². The molecule has 0 saturated heterocycles. The Kier molecular flexibility index (Phi) is 7.61. The van der Waals surface area contributed by atoms with Crippen LogP contribution in [0.4, 0.5) is 0 Å². The van der Waals surface area contributed by atoms with E-state index in [2.05, 4.69) is 11.4 Å². The molecule has 15 heavy (non-hydrogen) atoms. The molecule has 5 heteroatoms. The Balaban J connectivity index is 4.40. The second kappa shape index (κ2) is 7.82. The van der Waals surface area contributed by atoms with Crippen molar-refractivity contribution in [1.82, 2.24) is 0 Å². The highest BCUT2D eigenvalue weighted by Crippen LogP contribution is 2.16. The molecule has 0 aromatic carbocycles. The molecule has 0 fully saturated rings. The quantitative estimate of drug-likeness (QED) is 0.475. The number of nitrogens with zero attached hydrogens (tertiary/aromatic N) is 1. The second-order valence-electron chi connectivity index (χ2n) is 3.22. The van der Waals surface area contributed by atoms with Gasteiger partial charge in [-0.15, -0.1) is 0 Å². The van der Waals surface area contributed by atoms with Gasteiger partial charge in [0.1, 0.15) is 0 Å². The summed E-state index contributed by atoms with van der Waals surface area (Å²) in [4.78, 5) is 0. The largest absolute Gasteiger partial charge is 0.962 e. The lowest BCUT2D eigenvalue weighted by atomic mass is 10.2. The summed E-state index contributed by atoms with van der Waals surface area (Å²) in [6.07, 6.45) is 1.97. The van der Waals surface area contributed by atoms with Crippen molar-refractivity contribution in [2.75, 3.05) is 13.2 Å². The van der Waals surface area contributed by atoms with Gasteiger partial charge < -0.3 is 17.8 Å². The lowest BCUT2D eigenvalue weighted by Gasteiger charge is -2.18. The SMILES string of the molecule is [C-]#[N+][Si](OCC)(OCC)OC(C)CCC. The van der Waals surface area contributed by atoms with E-state index in [4.69, 9.17) is 19.9 Å². The summed E-state index contributed by atoms with van der Waals surface area (Å²) in [6.45, 7) is 15.8. The highest BCUT2D eigenvalue weighted by Gasteiger charge is 2.59. The molecule has 0 N–H and O–H groups in total. The van der Waals surface area contributed by atoms with Crippen LogP contribution in [0.25, 0.3) is 4.51 Å². The fourth-order valence-corrected chi connectivity index (χ4v) is 3.04. The van der Waals surface area contributed by atoms with Crippen LogP contribution in [-0.4, -0.2) is 28.3 Å². The smallest absolute Gasteiger partial charge is 0.336 e. The molecule has 0 aliphatic rings. The first-order valence-corrected chi connectivity index (χ1v) is 7.15. The van der Waals surface area contributed by atoms with E-state index in [1.165, 1.54) is 0 Å². The van der Waals surface area contributed by atoms with Crippen LogP contribution in [0.3, 0.4) is 0 Å². The first-order valence-electron chi connectivity index (χ1n) is 5.48. The molecule has 0 heterocycles. The standard InChI is InChI=1S/C10H21NO3Si/c1-6-9-10(4)14-15(11-5,12-7-2)13-8-3/h10H,6-9H2,1-4H3. The molecule has 0 aliphatic carbocycles. The average molecular weight is 231 g/mol. The third-order valence-electron chi connectivity index (χ3n) is 1.84. The van der Waals surface area contributed by atoms with Crippen molar-refractivity contribution in [2.24, 2.45) is 0 Å². The van der Waals surface area contributed by atoms with Gasteiger partial charge >= 0.3 is 8.97 Å². The summed E-state index contributed by atoms with van der Waals surface area (Å²) in [5.41, 5.74) is 0. The van der Waals surface area contributed by atoms with E-state index in [0.29, 0.717) is 13.2 Å². The van der Waals surface area contributed by atoms with E-state index in [1.54, 1.807) is 0 Å². The first-order chi connectivity index (χ1) is 7.14. The molecule has 0 aromatic heterocycles. The number of hydrogen-bond donors (Lipinski definition) is 0. The minimum Gasteiger partial charge on any atom is -0.336 e. The maximum atomic E-state index is 7.15. The van der Waals surface area contributed by atoms with Crippen LogP contribution in [0, 0.1) is 6.57 Å². The zero-order valence-corrected chi connectivity index (χ0v) is 11.1. The van der Waals surface area contributed by atoms with Crippen molar-refractivity contribution in [3.63, 3.8) is 0 Å². The first kappa shape index (κ1) is 14.6. The monoisotopic (exact) mass is 231 g/mol. The molecule has 88 valence electrons. The second-order valence-corrected chi connectivity index (χ2v) is 5.30. The van der Waals surface area contributed by atoms with E-state index in [0.717, 1.165) is 12.8 Å². The van der Waals surface area contributed by atoms with E-state index < -0.39 is 8.97 Å². The zero-order valence-electron chi connectivity index (χ0n) is 10.1. The minimum atomic E-state index is -3.08. The summed E-state index contributed by atoms with van der Waals surface area (Å²) in [6, 6.07) is 0. The summed E-state index contributed by atoms with van der Waals surface area (Å²) in [5.74, 6) is 0. The van der Waals surface area contributed by atoms with E-state index in [1.807, 2.05) is 20.8 Å². The van der Waals surface area contributed by atoms with Crippen LogP contribution >= 0.6 is 0 Å². The number of hydrogen-bond acceptors (Lipinski definition) is 3. The fourth-order valence-electron chi connectivity index (χ4n) is 1.29. The van der Waals surface area contributed by atoms with Crippen molar-refractivity contribution in [3.05, 3.63) is 11.1 Å². The molecule has 0 bridgehead atoms. The van der Waals surface area contributed by atoms with Crippen molar-refractivity contribution >= 4 is 8.97 Å². The predicted molar refractivity (Wildman–Crippen MR) is 61.1 cm³/mol. The Bertz CT molecular complexity index is 199. The normalized spacial score (nSPS) is 13.5. The van der Waals surface area contributed by atoms with Crippen LogP contribution in [0.1, 0.15) is 40.5 Å². The maximum Gasteiger partial charge on any atom is 0.962 e. The van der Waals surface area contributed by atoms with Crippen LogP contribution in [0.5, 0.6) is 0 Å². The van der Waals surface area contributed by atoms with Gasteiger partial charge in [-0.2, -0.15) is 0 Å². The fraction of sp³-hybridized carbons (Fsp3) is 0.900. The van der Waals surface area contributed by atoms with E-state index >= 15 is 0 Å². The van der Waals surface area contributed by atoms with Crippen molar-refractivity contribution in [1.29, 1.82) is 0 Å².